The van der Waals surface area contributed by atoms with Crippen molar-refractivity contribution in [2.45, 2.75) is 31.3 Å². The van der Waals surface area contributed by atoms with E-state index in [0.717, 1.165) is 10.6 Å². The zero-order valence-corrected chi connectivity index (χ0v) is 16.1. The third kappa shape index (κ3) is 3.77. The molecule has 3 rings (SSSR count). The molecule has 4 atom stereocenters. The van der Waals surface area contributed by atoms with Crippen LogP contribution in [0.1, 0.15) is 30.3 Å². The van der Waals surface area contributed by atoms with E-state index >= 15 is 0 Å². The Balaban J connectivity index is 1.82. The molecule has 0 saturated carbocycles. The summed E-state index contributed by atoms with van der Waals surface area (Å²) in [6.07, 6.45) is -3.79. The summed E-state index contributed by atoms with van der Waals surface area (Å²) in [4.78, 5) is 25.7. The quantitative estimate of drug-likeness (QED) is 0.854. The van der Waals surface area contributed by atoms with Gasteiger partial charge in [0.25, 0.3) is 5.91 Å². The molecule has 1 fully saturated rings. The standard InChI is InChI=1S/C21H24N2O5/c1-14-18(16-12-8-5-9-13-16)28-21(26)23(22(14)2)20(25)19(27-3)17(24)15-10-6-4-7-11-15/h4-14,17-19,24H,1-3H3/t14-,17+,18-,19-/m0/s1. The van der Waals surface area contributed by atoms with E-state index in [-0.39, 0.29) is 6.04 Å². The van der Waals surface area contributed by atoms with Crippen LogP contribution in [0.4, 0.5) is 4.79 Å². The van der Waals surface area contributed by atoms with Gasteiger partial charge in [-0.05, 0) is 18.1 Å². The smallest absolute Gasteiger partial charge is 0.432 e. The molecule has 28 heavy (non-hydrogen) atoms. The molecule has 148 valence electrons. The first-order chi connectivity index (χ1) is 13.5. The van der Waals surface area contributed by atoms with E-state index in [0.29, 0.717) is 5.56 Å². The van der Waals surface area contributed by atoms with Crippen molar-refractivity contribution < 1.29 is 24.2 Å². The Bertz CT molecular complexity index is 814. The second-order valence-corrected chi connectivity index (χ2v) is 6.69. The number of cyclic esters (lactones) is 1. The van der Waals surface area contributed by atoms with Gasteiger partial charge < -0.3 is 14.6 Å². The minimum absolute atomic E-state index is 0.296. The topological polar surface area (TPSA) is 79.3 Å². The average Bonchev–Trinajstić information content (AvgIpc) is 2.72. The Labute approximate surface area is 164 Å². The SMILES string of the molecule is CO[C@H](C(=O)N1C(=O)O[C@H](c2ccccc2)[C@H](C)N1C)[C@H](O)c1ccccc1. The van der Waals surface area contributed by atoms with Gasteiger partial charge >= 0.3 is 6.09 Å². The van der Waals surface area contributed by atoms with Gasteiger partial charge in [0.1, 0.15) is 12.2 Å². The number of carbonyl (C=O) groups excluding carboxylic acids is 2. The van der Waals surface area contributed by atoms with Crippen LogP contribution in [0, 0.1) is 0 Å². The summed E-state index contributed by atoms with van der Waals surface area (Å²) in [5, 5.41) is 13.0. The third-order valence-corrected chi connectivity index (χ3v) is 5.01. The number of amides is 2. The molecule has 1 N–H and O–H groups in total. The Hall–Kier alpha value is -2.74. The number of methoxy groups -OCH3 is 1. The summed E-state index contributed by atoms with van der Waals surface area (Å²) in [7, 11) is 2.96. The van der Waals surface area contributed by atoms with Crippen molar-refractivity contribution in [2.75, 3.05) is 14.2 Å². The summed E-state index contributed by atoms with van der Waals surface area (Å²) in [5.41, 5.74) is 1.36. The number of benzene rings is 2. The van der Waals surface area contributed by atoms with Gasteiger partial charge in [-0.1, -0.05) is 60.7 Å². The fraction of sp³-hybridized carbons (Fsp3) is 0.333. The number of carbonyl (C=O) groups is 2. The van der Waals surface area contributed by atoms with Crippen molar-refractivity contribution >= 4 is 12.0 Å². The number of rotatable bonds is 5. The van der Waals surface area contributed by atoms with E-state index in [1.807, 2.05) is 37.3 Å². The number of nitrogens with zero attached hydrogens (tertiary/aromatic N) is 2. The van der Waals surface area contributed by atoms with Crippen LogP contribution in [0.25, 0.3) is 0 Å². The van der Waals surface area contributed by atoms with E-state index in [1.54, 1.807) is 37.4 Å². The fourth-order valence-electron chi connectivity index (χ4n) is 3.31. The number of hydrogen-bond acceptors (Lipinski definition) is 6. The largest absolute Gasteiger partial charge is 0.438 e. The lowest BCUT2D eigenvalue weighted by Crippen LogP contribution is -2.61. The van der Waals surface area contributed by atoms with Crippen LogP contribution >= 0.6 is 0 Å². The number of imide groups is 1. The van der Waals surface area contributed by atoms with Crippen LogP contribution in [0.5, 0.6) is 0 Å². The molecule has 0 aromatic heterocycles. The molecular weight excluding hydrogens is 360 g/mol. The number of ether oxygens (including phenoxy) is 2. The minimum atomic E-state index is -1.25. The first kappa shape index (κ1) is 20.0. The number of hydrazine groups is 1. The second-order valence-electron chi connectivity index (χ2n) is 6.69. The molecule has 0 radical (unpaired) electrons. The highest BCUT2D eigenvalue weighted by Gasteiger charge is 2.45. The molecule has 7 heteroatoms. The highest BCUT2D eigenvalue weighted by Crippen LogP contribution is 2.32. The zero-order valence-electron chi connectivity index (χ0n) is 16.1. The average molecular weight is 384 g/mol. The van der Waals surface area contributed by atoms with Crippen molar-refractivity contribution in [3.05, 3.63) is 71.8 Å². The van der Waals surface area contributed by atoms with Gasteiger partial charge in [0.15, 0.2) is 6.10 Å². The first-order valence-corrected chi connectivity index (χ1v) is 9.03. The molecule has 1 aliphatic heterocycles. The monoisotopic (exact) mass is 384 g/mol. The van der Waals surface area contributed by atoms with Crippen LogP contribution in [0.2, 0.25) is 0 Å². The molecule has 2 aromatic rings. The predicted octanol–water partition coefficient (Wildman–Crippen LogP) is 2.69. The van der Waals surface area contributed by atoms with E-state index in [1.165, 1.54) is 12.1 Å². The lowest BCUT2D eigenvalue weighted by Gasteiger charge is -2.43. The molecule has 7 nitrogen and oxygen atoms in total. The Morgan fingerprint density at radius 3 is 2.25 bits per heavy atom. The molecule has 2 aromatic carbocycles. The van der Waals surface area contributed by atoms with Crippen molar-refractivity contribution in [3.8, 4) is 0 Å². The maximum Gasteiger partial charge on any atom is 0.432 e. The zero-order chi connectivity index (χ0) is 20.3. The maximum absolute atomic E-state index is 13.1. The second kappa shape index (κ2) is 8.52. The van der Waals surface area contributed by atoms with Crippen LogP contribution in [0.3, 0.4) is 0 Å². The molecule has 0 unspecified atom stereocenters. The summed E-state index contributed by atoms with van der Waals surface area (Å²) in [6.45, 7) is 1.86. The van der Waals surface area contributed by atoms with Gasteiger partial charge in [-0.25, -0.2) is 9.80 Å². The van der Waals surface area contributed by atoms with Crippen LogP contribution in [0.15, 0.2) is 60.7 Å². The number of aliphatic hydroxyl groups excluding tert-OH is 1. The molecule has 2 amide bonds. The lowest BCUT2D eigenvalue weighted by molar-refractivity contribution is -0.178. The van der Waals surface area contributed by atoms with E-state index in [2.05, 4.69) is 0 Å². The molecular formula is C21H24N2O5. The predicted molar refractivity (Wildman–Crippen MR) is 102 cm³/mol. The van der Waals surface area contributed by atoms with E-state index in [9.17, 15) is 14.7 Å². The van der Waals surface area contributed by atoms with Gasteiger partial charge in [0.2, 0.25) is 0 Å². The van der Waals surface area contributed by atoms with Crippen molar-refractivity contribution in [1.82, 2.24) is 10.0 Å². The Kier molecular flexibility index (Phi) is 6.08. The van der Waals surface area contributed by atoms with Gasteiger partial charge in [-0.3, -0.25) is 4.79 Å². The van der Waals surface area contributed by atoms with Gasteiger partial charge in [-0.15, -0.1) is 0 Å². The molecule has 1 heterocycles. The minimum Gasteiger partial charge on any atom is -0.438 e. The van der Waals surface area contributed by atoms with Crippen LogP contribution in [-0.4, -0.2) is 53.4 Å². The lowest BCUT2D eigenvalue weighted by atomic mass is 10.0. The third-order valence-electron chi connectivity index (χ3n) is 5.01. The van der Waals surface area contributed by atoms with Gasteiger partial charge in [0.05, 0.1) is 6.04 Å². The van der Waals surface area contributed by atoms with Crippen molar-refractivity contribution in [2.24, 2.45) is 0 Å². The number of likely N-dealkylation sites (N-methyl/N-ethyl adjacent to an activating group) is 1. The maximum atomic E-state index is 13.1. The first-order valence-electron chi connectivity index (χ1n) is 9.03. The summed E-state index contributed by atoms with van der Waals surface area (Å²) >= 11 is 0. The van der Waals surface area contributed by atoms with Gasteiger partial charge in [0, 0.05) is 14.2 Å². The molecule has 0 aliphatic carbocycles. The molecule has 0 spiro atoms. The summed E-state index contributed by atoms with van der Waals surface area (Å²) in [6, 6.07) is 17.8. The fourth-order valence-corrected chi connectivity index (χ4v) is 3.31. The summed E-state index contributed by atoms with van der Waals surface area (Å²) < 4.78 is 10.8. The van der Waals surface area contributed by atoms with Crippen LogP contribution in [-0.2, 0) is 14.3 Å². The van der Waals surface area contributed by atoms with E-state index in [4.69, 9.17) is 9.47 Å². The van der Waals surface area contributed by atoms with E-state index < -0.39 is 30.3 Å². The highest BCUT2D eigenvalue weighted by molar-refractivity contribution is 5.94. The number of hydrogen-bond donors (Lipinski definition) is 1. The van der Waals surface area contributed by atoms with Crippen molar-refractivity contribution in [1.29, 1.82) is 0 Å². The molecule has 1 aliphatic rings. The van der Waals surface area contributed by atoms with Crippen LogP contribution < -0.4 is 0 Å². The number of aliphatic hydroxyl groups is 1. The summed E-state index contributed by atoms with van der Waals surface area (Å²) in [5.74, 6) is -0.690. The Morgan fingerprint density at radius 1 is 1.11 bits per heavy atom. The van der Waals surface area contributed by atoms with Crippen molar-refractivity contribution in [3.63, 3.8) is 0 Å². The normalized spacial score (nSPS) is 22.4. The highest BCUT2D eigenvalue weighted by atomic mass is 16.6. The Morgan fingerprint density at radius 2 is 1.68 bits per heavy atom. The molecule has 1 saturated heterocycles. The van der Waals surface area contributed by atoms with Gasteiger partial charge in [-0.2, -0.15) is 5.01 Å². The molecule has 0 bridgehead atoms.